The van der Waals surface area contributed by atoms with E-state index in [2.05, 4.69) is 28.4 Å². The van der Waals surface area contributed by atoms with Crippen LogP contribution < -0.4 is 24.3 Å². The highest BCUT2D eigenvalue weighted by atomic mass is 32.1. The van der Waals surface area contributed by atoms with Crippen LogP contribution in [0.5, 0.6) is 23.0 Å². The number of hydrogen-bond acceptors (Lipinski definition) is 5. The normalized spacial score (nSPS) is 11.7. The number of ether oxygens (including phenoxy) is 4. The largest absolute Gasteiger partial charge is 0.493 e. The summed E-state index contributed by atoms with van der Waals surface area (Å²) in [6.45, 7) is 2.34. The molecule has 7 heteroatoms. The van der Waals surface area contributed by atoms with Crippen molar-refractivity contribution in [3.05, 3.63) is 83.4 Å². The van der Waals surface area contributed by atoms with E-state index < -0.39 is 0 Å². The van der Waals surface area contributed by atoms with Crippen LogP contribution in [0.2, 0.25) is 0 Å². The highest BCUT2D eigenvalue weighted by Gasteiger charge is 2.16. The Labute approximate surface area is 200 Å². The third kappa shape index (κ3) is 5.87. The third-order valence-corrected chi connectivity index (χ3v) is 5.85. The van der Waals surface area contributed by atoms with Crippen LogP contribution in [0.15, 0.2) is 66.7 Å². The molecule has 0 unspecified atom stereocenters. The summed E-state index contributed by atoms with van der Waals surface area (Å²) in [5.74, 6) is 3.01. The zero-order valence-electron chi connectivity index (χ0n) is 18.9. The smallest absolute Gasteiger partial charge is 0.231 e. The Kier molecular flexibility index (Phi) is 7.52. The molecule has 0 saturated heterocycles. The number of benzene rings is 3. The summed E-state index contributed by atoms with van der Waals surface area (Å²) in [4.78, 5) is 2.16. The summed E-state index contributed by atoms with van der Waals surface area (Å²) in [5, 5.41) is 4.13. The molecule has 0 aliphatic carbocycles. The molecule has 1 heterocycles. The van der Waals surface area contributed by atoms with Crippen molar-refractivity contribution in [2.24, 2.45) is 0 Å². The fraction of sp³-hybridized carbons (Fsp3) is 0.269. The van der Waals surface area contributed by atoms with Crippen molar-refractivity contribution in [2.75, 3.05) is 27.6 Å². The lowest BCUT2D eigenvalue weighted by Gasteiger charge is -2.26. The molecule has 0 amide bonds. The molecule has 4 rings (SSSR count). The van der Waals surface area contributed by atoms with Gasteiger partial charge >= 0.3 is 0 Å². The van der Waals surface area contributed by atoms with Crippen molar-refractivity contribution in [2.45, 2.75) is 19.5 Å². The summed E-state index contributed by atoms with van der Waals surface area (Å²) in [6.07, 6.45) is 0.809. The fourth-order valence-corrected chi connectivity index (χ4v) is 3.96. The molecular weight excluding hydrogens is 436 g/mol. The van der Waals surface area contributed by atoms with Crippen molar-refractivity contribution in [1.29, 1.82) is 0 Å². The van der Waals surface area contributed by atoms with Gasteiger partial charge in [0.2, 0.25) is 6.79 Å². The molecule has 0 aromatic heterocycles. The third-order valence-electron chi connectivity index (χ3n) is 5.45. The maximum absolute atomic E-state index is 5.79. The molecule has 0 atom stereocenters. The number of rotatable bonds is 9. The van der Waals surface area contributed by atoms with Gasteiger partial charge in [-0.15, -0.1) is 0 Å². The predicted octanol–water partition coefficient (Wildman–Crippen LogP) is 4.55. The highest BCUT2D eigenvalue weighted by Crippen LogP contribution is 2.33. The van der Waals surface area contributed by atoms with Crippen LogP contribution in [-0.4, -0.2) is 37.6 Å². The predicted molar refractivity (Wildman–Crippen MR) is 132 cm³/mol. The van der Waals surface area contributed by atoms with E-state index in [1.54, 1.807) is 14.2 Å². The lowest BCUT2D eigenvalue weighted by molar-refractivity contribution is 0.174. The van der Waals surface area contributed by atoms with E-state index in [-0.39, 0.29) is 6.79 Å². The summed E-state index contributed by atoms with van der Waals surface area (Å²) >= 11 is 5.79. The zero-order chi connectivity index (χ0) is 23.0. The topological polar surface area (TPSA) is 52.2 Å². The Balaban J connectivity index is 1.41. The quantitative estimate of drug-likeness (QED) is 0.466. The van der Waals surface area contributed by atoms with Gasteiger partial charge in [0.15, 0.2) is 28.1 Å². The monoisotopic (exact) mass is 464 g/mol. The highest BCUT2D eigenvalue weighted by molar-refractivity contribution is 7.80. The first kappa shape index (κ1) is 22.7. The average Bonchev–Trinajstić information content (AvgIpc) is 3.32. The molecule has 0 saturated carbocycles. The Hall–Kier alpha value is -3.45. The Bertz CT molecular complexity index is 1090. The number of nitrogens with zero attached hydrogens (tertiary/aromatic N) is 1. The second-order valence-electron chi connectivity index (χ2n) is 7.70. The molecule has 1 aliphatic rings. The minimum Gasteiger partial charge on any atom is -0.493 e. The first-order valence-corrected chi connectivity index (χ1v) is 11.2. The summed E-state index contributed by atoms with van der Waals surface area (Å²) in [5.41, 5.74) is 3.45. The van der Waals surface area contributed by atoms with Crippen LogP contribution in [0.4, 0.5) is 0 Å². The van der Waals surface area contributed by atoms with E-state index >= 15 is 0 Å². The van der Waals surface area contributed by atoms with Crippen LogP contribution in [0.3, 0.4) is 0 Å². The molecule has 33 heavy (non-hydrogen) atoms. The van der Waals surface area contributed by atoms with Gasteiger partial charge in [0, 0.05) is 19.6 Å². The molecule has 172 valence electrons. The maximum Gasteiger partial charge on any atom is 0.231 e. The lowest BCUT2D eigenvalue weighted by atomic mass is 10.1. The second kappa shape index (κ2) is 10.9. The van der Waals surface area contributed by atoms with Gasteiger partial charge in [-0.1, -0.05) is 42.5 Å². The minimum absolute atomic E-state index is 0.266. The van der Waals surface area contributed by atoms with Crippen LogP contribution in [0.1, 0.15) is 16.7 Å². The Morgan fingerprint density at radius 1 is 0.848 bits per heavy atom. The number of thiocarbonyl (C=S) groups is 1. The molecule has 6 nitrogen and oxygen atoms in total. The first-order chi connectivity index (χ1) is 16.2. The molecule has 3 aromatic carbocycles. The van der Waals surface area contributed by atoms with Crippen LogP contribution in [0, 0.1) is 0 Å². The van der Waals surface area contributed by atoms with E-state index in [1.165, 1.54) is 5.56 Å². The van der Waals surface area contributed by atoms with Crippen molar-refractivity contribution in [3.63, 3.8) is 0 Å². The summed E-state index contributed by atoms with van der Waals surface area (Å²) in [7, 11) is 3.28. The molecule has 0 bridgehead atoms. The van der Waals surface area contributed by atoms with Crippen LogP contribution >= 0.6 is 12.2 Å². The molecule has 0 radical (unpaired) electrons. The number of fused-ring (bicyclic) bond motifs is 1. The van der Waals surface area contributed by atoms with Crippen molar-refractivity contribution >= 4 is 17.3 Å². The molecule has 0 fully saturated rings. The molecule has 0 spiro atoms. The standard InChI is InChI=1S/C26H28N2O4S/c1-29-22-10-8-19(14-24(22)30-2)12-13-27-26(33)28(16-20-6-4-3-5-7-20)17-21-9-11-23-25(15-21)32-18-31-23/h3-11,14-15H,12-13,16-18H2,1-2H3,(H,27,33). The van der Waals surface area contributed by atoms with E-state index in [0.717, 1.165) is 40.5 Å². The molecule has 1 aliphatic heterocycles. The van der Waals surface area contributed by atoms with Gasteiger partial charge in [0.05, 0.1) is 14.2 Å². The fourth-order valence-electron chi connectivity index (χ4n) is 3.72. The molecule has 3 aromatic rings. The van der Waals surface area contributed by atoms with E-state index in [1.807, 2.05) is 48.5 Å². The van der Waals surface area contributed by atoms with Gasteiger partial charge in [0.25, 0.3) is 0 Å². The second-order valence-corrected chi connectivity index (χ2v) is 8.09. The first-order valence-electron chi connectivity index (χ1n) is 10.8. The van der Waals surface area contributed by atoms with Crippen molar-refractivity contribution < 1.29 is 18.9 Å². The van der Waals surface area contributed by atoms with Crippen molar-refractivity contribution in [3.8, 4) is 23.0 Å². The van der Waals surface area contributed by atoms with Gasteiger partial charge < -0.3 is 29.2 Å². The van der Waals surface area contributed by atoms with Crippen LogP contribution in [0.25, 0.3) is 0 Å². The zero-order valence-corrected chi connectivity index (χ0v) is 19.7. The van der Waals surface area contributed by atoms with Gasteiger partial charge in [-0.25, -0.2) is 0 Å². The van der Waals surface area contributed by atoms with E-state index in [4.69, 9.17) is 31.2 Å². The number of methoxy groups -OCH3 is 2. The minimum atomic E-state index is 0.266. The van der Waals surface area contributed by atoms with Gasteiger partial charge in [-0.2, -0.15) is 0 Å². The Morgan fingerprint density at radius 2 is 1.58 bits per heavy atom. The average molecular weight is 465 g/mol. The van der Waals surface area contributed by atoms with Crippen LogP contribution in [-0.2, 0) is 19.5 Å². The van der Waals surface area contributed by atoms with Gasteiger partial charge in [-0.05, 0) is 59.6 Å². The van der Waals surface area contributed by atoms with Gasteiger partial charge in [-0.3, -0.25) is 0 Å². The number of hydrogen-bond donors (Lipinski definition) is 1. The SMILES string of the molecule is COc1ccc(CCNC(=S)N(Cc2ccccc2)Cc2ccc3c(c2)OCO3)cc1OC. The number of nitrogens with one attached hydrogen (secondary N) is 1. The Morgan fingerprint density at radius 3 is 2.36 bits per heavy atom. The van der Waals surface area contributed by atoms with Crippen molar-refractivity contribution in [1.82, 2.24) is 10.2 Å². The van der Waals surface area contributed by atoms with E-state index in [0.29, 0.717) is 24.7 Å². The molecular formula is C26H28N2O4S. The van der Waals surface area contributed by atoms with E-state index in [9.17, 15) is 0 Å². The maximum atomic E-state index is 5.79. The summed E-state index contributed by atoms with van der Waals surface area (Å²) < 4.78 is 21.7. The molecule has 1 N–H and O–H groups in total. The lowest BCUT2D eigenvalue weighted by Crippen LogP contribution is -2.39. The van der Waals surface area contributed by atoms with Gasteiger partial charge in [0.1, 0.15) is 0 Å². The summed E-state index contributed by atoms with van der Waals surface area (Å²) in [6, 6.07) is 22.3.